The van der Waals surface area contributed by atoms with Crippen LogP contribution in [-0.2, 0) is 0 Å². The SMILES string of the molecule is O=C1NNC(Cl)c2ccccc21. The smallest absolute Gasteiger partial charge is 0.265 e. The van der Waals surface area contributed by atoms with E-state index in [1.54, 1.807) is 6.07 Å². The van der Waals surface area contributed by atoms with Crippen LogP contribution in [0.25, 0.3) is 0 Å². The lowest BCUT2D eigenvalue weighted by molar-refractivity contribution is 0.0918. The molecule has 1 heterocycles. The Labute approximate surface area is 74.7 Å². The van der Waals surface area contributed by atoms with Crippen LogP contribution < -0.4 is 10.9 Å². The van der Waals surface area contributed by atoms with Crippen molar-refractivity contribution in [2.45, 2.75) is 5.50 Å². The highest BCUT2D eigenvalue weighted by molar-refractivity contribution is 6.21. The predicted octanol–water partition coefficient (Wildman–Crippen LogP) is 1.17. The standard InChI is InChI=1S/C8H7ClN2O/c9-7-5-3-1-2-4-6(5)8(12)11-10-7/h1-4,7,10H,(H,11,12). The Bertz CT molecular complexity index is 327. The number of fused-ring (bicyclic) bond motifs is 1. The van der Waals surface area contributed by atoms with Crippen LogP contribution in [0.4, 0.5) is 0 Å². The molecule has 0 fully saturated rings. The fourth-order valence-corrected chi connectivity index (χ4v) is 1.44. The molecule has 1 aliphatic heterocycles. The molecule has 0 saturated heterocycles. The summed E-state index contributed by atoms with van der Waals surface area (Å²) in [5.41, 5.74) is 6.24. The molecule has 0 radical (unpaired) electrons. The minimum Gasteiger partial charge on any atom is -0.286 e. The monoisotopic (exact) mass is 182 g/mol. The summed E-state index contributed by atoms with van der Waals surface area (Å²) in [6.45, 7) is 0. The molecule has 2 rings (SSSR count). The Morgan fingerprint density at radius 3 is 2.83 bits per heavy atom. The van der Waals surface area contributed by atoms with Gasteiger partial charge in [-0.3, -0.25) is 10.2 Å². The average Bonchev–Trinajstić information content (AvgIpc) is 2.12. The Balaban J connectivity index is 2.55. The quantitative estimate of drug-likeness (QED) is 0.467. The molecule has 2 N–H and O–H groups in total. The fourth-order valence-electron chi connectivity index (χ4n) is 1.20. The Morgan fingerprint density at radius 1 is 1.33 bits per heavy atom. The van der Waals surface area contributed by atoms with Gasteiger partial charge in [-0.2, -0.15) is 0 Å². The van der Waals surface area contributed by atoms with E-state index in [2.05, 4.69) is 10.9 Å². The van der Waals surface area contributed by atoms with Gasteiger partial charge in [0.2, 0.25) is 0 Å². The summed E-state index contributed by atoms with van der Waals surface area (Å²) in [5.74, 6) is -0.137. The molecule has 3 nitrogen and oxygen atoms in total. The van der Waals surface area contributed by atoms with E-state index in [1.807, 2.05) is 18.2 Å². The zero-order chi connectivity index (χ0) is 8.55. The van der Waals surface area contributed by atoms with Gasteiger partial charge in [0.1, 0.15) is 5.50 Å². The van der Waals surface area contributed by atoms with Gasteiger partial charge in [0.25, 0.3) is 5.91 Å². The highest BCUT2D eigenvalue weighted by Crippen LogP contribution is 2.23. The molecule has 4 heteroatoms. The van der Waals surface area contributed by atoms with E-state index >= 15 is 0 Å². The molecule has 1 aliphatic rings. The second-order valence-corrected chi connectivity index (χ2v) is 2.98. The number of rotatable bonds is 0. The van der Waals surface area contributed by atoms with Gasteiger partial charge >= 0.3 is 0 Å². The first kappa shape index (κ1) is 7.58. The average molecular weight is 183 g/mol. The van der Waals surface area contributed by atoms with E-state index in [4.69, 9.17) is 11.6 Å². The maximum atomic E-state index is 11.2. The number of hydrogen-bond acceptors (Lipinski definition) is 2. The van der Waals surface area contributed by atoms with Crippen molar-refractivity contribution in [2.75, 3.05) is 0 Å². The molecule has 1 unspecified atom stereocenters. The molecule has 0 aliphatic carbocycles. The molecular weight excluding hydrogens is 176 g/mol. The normalized spacial score (nSPS) is 21.4. The summed E-state index contributed by atoms with van der Waals surface area (Å²) in [6.07, 6.45) is 0. The van der Waals surface area contributed by atoms with Gasteiger partial charge in [0.15, 0.2) is 0 Å². The van der Waals surface area contributed by atoms with Crippen molar-refractivity contribution >= 4 is 17.5 Å². The molecule has 62 valence electrons. The second-order valence-electron chi connectivity index (χ2n) is 2.55. The minimum atomic E-state index is -0.334. The van der Waals surface area contributed by atoms with Gasteiger partial charge in [0.05, 0.1) is 0 Å². The van der Waals surface area contributed by atoms with E-state index in [-0.39, 0.29) is 11.4 Å². The van der Waals surface area contributed by atoms with Crippen molar-refractivity contribution in [1.82, 2.24) is 10.9 Å². The lowest BCUT2D eigenvalue weighted by atomic mass is 10.1. The third-order valence-electron chi connectivity index (χ3n) is 1.79. The summed E-state index contributed by atoms with van der Waals surface area (Å²) < 4.78 is 0. The summed E-state index contributed by atoms with van der Waals surface area (Å²) in [6, 6.07) is 7.25. The minimum absolute atomic E-state index is 0.137. The van der Waals surface area contributed by atoms with Crippen LogP contribution >= 0.6 is 11.6 Å². The van der Waals surface area contributed by atoms with E-state index in [9.17, 15) is 4.79 Å². The van der Waals surface area contributed by atoms with Crippen molar-refractivity contribution in [1.29, 1.82) is 0 Å². The maximum absolute atomic E-state index is 11.2. The zero-order valence-corrected chi connectivity index (χ0v) is 6.93. The number of hydrogen-bond donors (Lipinski definition) is 2. The van der Waals surface area contributed by atoms with Gasteiger partial charge in [-0.1, -0.05) is 29.8 Å². The first-order chi connectivity index (χ1) is 5.79. The van der Waals surface area contributed by atoms with Gasteiger partial charge in [0, 0.05) is 5.56 Å². The number of amides is 1. The molecule has 1 atom stereocenters. The van der Waals surface area contributed by atoms with Crippen LogP contribution in [0.3, 0.4) is 0 Å². The zero-order valence-electron chi connectivity index (χ0n) is 6.17. The number of halogens is 1. The number of nitrogens with one attached hydrogen (secondary N) is 2. The highest BCUT2D eigenvalue weighted by atomic mass is 35.5. The lowest BCUT2D eigenvalue weighted by Gasteiger charge is -2.21. The molecule has 1 amide bonds. The van der Waals surface area contributed by atoms with Gasteiger partial charge in [-0.25, -0.2) is 5.43 Å². The molecule has 0 bridgehead atoms. The summed E-state index contributed by atoms with van der Waals surface area (Å²) >= 11 is 5.89. The lowest BCUT2D eigenvalue weighted by Crippen LogP contribution is -2.43. The summed E-state index contributed by atoms with van der Waals surface area (Å²) in [7, 11) is 0. The van der Waals surface area contributed by atoms with Crippen molar-refractivity contribution in [3.8, 4) is 0 Å². The van der Waals surface area contributed by atoms with Crippen molar-refractivity contribution in [2.24, 2.45) is 0 Å². The topological polar surface area (TPSA) is 41.1 Å². The summed E-state index contributed by atoms with van der Waals surface area (Å²) in [5, 5.41) is 0. The first-order valence-electron chi connectivity index (χ1n) is 3.58. The first-order valence-corrected chi connectivity index (χ1v) is 4.01. The molecular formula is C8H7ClN2O. The van der Waals surface area contributed by atoms with Gasteiger partial charge in [-0.15, -0.1) is 0 Å². The third-order valence-corrected chi connectivity index (χ3v) is 2.14. The Hall–Kier alpha value is -1.06. The number of carbonyl (C=O) groups is 1. The van der Waals surface area contributed by atoms with Crippen LogP contribution in [0.5, 0.6) is 0 Å². The highest BCUT2D eigenvalue weighted by Gasteiger charge is 2.21. The van der Waals surface area contributed by atoms with Crippen molar-refractivity contribution < 1.29 is 4.79 Å². The van der Waals surface area contributed by atoms with Gasteiger partial charge < -0.3 is 0 Å². The number of alkyl halides is 1. The Morgan fingerprint density at radius 2 is 2.08 bits per heavy atom. The molecule has 1 aromatic rings. The molecule has 1 aromatic carbocycles. The molecule has 12 heavy (non-hydrogen) atoms. The number of benzene rings is 1. The fraction of sp³-hybridized carbons (Fsp3) is 0.125. The van der Waals surface area contributed by atoms with Crippen molar-refractivity contribution in [3.05, 3.63) is 35.4 Å². The Kier molecular flexibility index (Phi) is 1.75. The number of carbonyl (C=O) groups excluding carboxylic acids is 1. The summed E-state index contributed by atoms with van der Waals surface area (Å²) in [4.78, 5) is 11.2. The predicted molar refractivity (Wildman–Crippen MR) is 45.6 cm³/mol. The van der Waals surface area contributed by atoms with E-state index in [0.717, 1.165) is 5.56 Å². The largest absolute Gasteiger partial charge is 0.286 e. The number of hydrazine groups is 1. The van der Waals surface area contributed by atoms with Crippen LogP contribution in [0.1, 0.15) is 21.4 Å². The maximum Gasteiger partial charge on any atom is 0.265 e. The van der Waals surface area contributed by atoms with Crippen LogP contribution in [0, 0.1) is 0 Å². The van der Waals surface area contributed by atoms with E-state index in [0.29, 0.717) is 5.56 Å². The van der Waals surface area contributed by atoms with E-state index in [1.165, 1.54) is 0 Å². The van der Waals surface area contributed by atoms with Crippen LogP contribution in [0.15, 0.2) is 24.3 Å². The molecule has 0 saturated carbocycles. The van der Waals surface area contributed by atoms with Crippen LogP contribution in [-0.4, -0.2) is 5.91 Å². The van der Waals surface area contributed by atoms with Crippen molar-refractivity contribution in [3.63, 3.8) is 0 Å². The van der Waals surface area contributed by atoms with E-state index < -0.39 is 0 Å². The van der Waals surface area contributed by atoms with Gasteiger partial charge in [-0.05, 0) is 11.6 Å². The molecule has 0 spiro atoms. The second kappa shape index (κ2) is 2.77. The molecule has 0 aromatic heterocycles. The third kappa shape index (κ3) is 1.07. The van der Waals surface area contributed by atoms with Crippen LogP contribution in [0.2, 0.25) is 0 Å².